The first kappa shape index (κ1) is 20.6. The van der Waals surface area contributed by atoms with E-state index in [1.807, 2.05) is 29.5 Å². The Hall–Kier alpha value is -2.70. The highest BCUT2D eigenvalue weighted by Gasteiger charge is 2.30. The summed E-state index contributed by atoms with van der Waals surface area (Å²) in [6, 6.07) is 5.12. The first-order chi connectivity index (χ1) is 14.3. The Morgan fingerprint density at radius 3 is 2.77 bits per heavy atom. The Balaban J connectivity index is 1.64. The molecule has 3 heterocycles. The van der Waals surface area contributed by atoms with Crippen LogP contribution in [-0.4, -0.2) is 29.3 Å². The van der Waals surface area contributed by atoms with Gasteiger partial charge in [0.2, 0.25) is 0 Å². The molecule has 0 radical (unpaired) electrons. The fourth-order valence-corrected chi connectivity index (χ4v) is 3.81. The molecule has 1 N–H and O–H groups in total. The molecule has 0 aliphatic carbocycles. The Morgan fingerprint density at radius 2 is 2.03 bits per heavy atom. The standard InChI is InChI=1S/C19H16F3IN6O/c1-2-6-29-17(30)14-16(27-18(29)23)26-15(25-14)12-8-24-28(10-12)9-11-4-3-5-13(7-11)19(20,21)22/h3-5,7-8,10H,2,6,9H2,1H3,(H,25,26). The summed E-state index contributed by atoms with van der Waals surface area (Å²) in [6.07, 6.45) is -0.393. The normalized spacial score (nSPS) is 12.0. The van der Waals surface area contributed by atoms with E-state index in [0.717, 1.165) is 18.6 Å². The summed E-state index contributed by atoms with van der Waals surface area (Å²) in [5.74, 6) is 0.426. The highest BCUT2D eigenvalue weighted by Crippen LogP contribution is 2.29. The lowest BCUT2D eigenvalue weighted by molar-refractivity contribution is -0.137. The van der Waals surface area contributed by atoms with Crippen molar-refractivity contribution in [3.8, 4) is 11.4 Å². The summed E-state index contributed by atoms with van der Waals surface area (Å²) in [5, 5.41) is 4.21. The molecule has 0 amide bonds. The quantitative estimate of drug-likeness (QED) is 0.313. The summed E-state index contributed by atoms with van der Waals surface area (Å²) in [6.45, 7) is 2.71. The van der Waals surface area contributed by atoms with Crippen molar-refractivity contribution < 1.29 is 13.2 Å². The van der Waals surface area contributed by atoms with Gasteiger partial charge in [0.15, 0.2) is 15.0 Å². The number of benzene rings is 1. The first-order valence-electron chi connectivity index (χ1n) is 9.11. The summed E-state index contributed by atoms with van der Waals surface area (Å²) in [5.41, 5.74) is 0.816. The molecule has 4 aromatic rings. The molecule has 0 fully saturated rings. The first-order valence-corrected chi connectivity index (χ1v) is 10.2. The SMILES string of the molecule is CCCn1c(I)nc2nc(-c3cnn(Cc4cccc(C(F)(F)F)c4)c3)[nH]c2c1=O. The van der Waals surface area contributed by atoms with Gasteiger partial charge in [-0.2, -0.15) is 18.3 Å². The van der Waals surface area contributed by atoms with Crippen LogP contribution in [-0.2, 0) is 19.3 Å². The number of hydrogen-bond donors (Lipinski definition) is 1. The van der Waals surface area contributed by atoms with Gasteiger partial charge in [-0.05, 0) is 24.1 Å². The van der Waals surface area contributed by atoms with E-state index >= 15 is 0 Å². The van der Waals surface area contributed by atoms with E-state index in [2.05, 4.69) is 20.1 Å². The number of hydrogen-bond acceptors (Lipinski definition) is 4. The van der Waals surface area contributed by atoms with Crippen LogP contribution < -0.4 is 5.56 Å². The van der Waals surface area contributed by atoms with Crippen molar-refractivity contribution in [3.05, 3.63) is 62.0 Å². The predicted molar refractivity (Wildman–Crippen MR) is 113 cm³/mol. The number of nitrogens with zero attached hydrogens (tertiary/aromatic N) is 5. The monoisotopic (exact) mass is 528 g/mol. The number of imidazole rings is 1. The van der Waals surface area contributed by atoms with Crippen LogP contribution in [0.15, 0.2) is 41.5 Å². The van der Waals surface area contributed by atoms with E-state index < -0.39 is 11.7 Å². The maximum Gasteiger partial charge on any atom is 0.416 e. The molecule has 0 bridgehead atoms. The second-order valence-corrected chi connectivity index (χ2v) is 7.71. The minimum atomic E-state index is -4.39. The third-order valence-electron chi connectivity index (χ3n) is 4.52. The molecule has 0 spiro atoms. The molecule has 0 aliphatic heterocycles. The number of H-pyrrole nitrogens is 1. The number of aromatic amines is 1. The molecule has 7 nitrogen and oxygen atoms in total. The molecule has 156 valence electrons. The van der Waals surface area contributed by atoms with Crippen LogP contribution >= 0.6 is 22.6 Å². The summed E-state index contributed by atoms with van der Waals surface area (Å²) in [4.78, 5) is 24.4. The maximum absolute atomic E-state index is 12.9. The minimum Gasteiger partial charge on any atom is -0.332 e. The van der Waals surface area contributed by atoms with Gasteiger partial charge in [0.05, 0.1) is 23.9 Å². The van der Waals surface area contributed by atoms with Crippen molar-refractivity contribution >= 4 is 33.8 Å². The molecular weight excluding hydrogens is 512 g/mol. The van der Waals surface area contributed by atoms with Crippen LogP contribution in [0.5, 0.6) is 0 Å². The van der Waals surface area contributed by atoms with Crippen molar-refractivity contribution in [2.45, 2.75) is 32.6 Å². The zero-order chi connectivity index (χ0) is 21.5. The summed E-state index contributed by atoms with van der Waals surface area (Å²) >= 11 is 2.01. The van der Waals surface area contributed by atoms with E-state index in [4.69, 9.17) is 0 Å². The predicted octanol–water partition coefficient (Wildman–Crippen LogP) is 4.06. The largest absolute Gasteiger partial charge is 0.416 e. The molecule has 3 aromatic heterocycles. The van der Waals surface area contributed by atoms with Gasteiger partial charge in [0.25, 0.3) is 5.56 Å². The molecule has 11 heteroatoms. The third kappa shape index (κ3) is 3.98. The molecule has 30 heavy (non-hydrogen) atoms. The number of alkyl halides is 3. The maximum atomic E-state index is 12.9. The number of nitrogens with one attached hydrogen (secondary N) is 1. The van der Waals surface area contributed by atoms with Crippen molar-refractivity contribution in [1.29, 1.82) is 0 Å². The van der Waals surface area contributed by atoms with Crippen LogP contribution in [0.2, 0.25) is 0 Å². The van der Waals surface area contributed by atoms with Gasteiger partial charge in [-0.25, -0.2) is 9.97 Å². The van der Waals surface area contributed by atoms with Gasteiger partial charge in [0, 0.05) is 35.3 Å². The highest BCUT2D eigenvalue weighted by molar-refractivity contribution is 14.1. The minimum absolute atomic E-state index is 0.170. The van der Waals surface area contributed by atoms with E-state index in [1.165, 1.54) is 10.7 Å². The highest BCUT2D eigenvalue weighted by atomic mass is 127. The van der Waals surface area contributed by atoms with Gasteiger partial charge in [-0.1, -0.05) is 19.1 Å². The molecule has 0 unspecified atom stereocenters. The molecule has 0 atom stereocenters. The zero-order valence-corrected chi connectivity index (χ0v) is 17.9. The van der Waals surface area contributed by atoms with E-state index in [0.29, 0.717) is 38.5 Å². The fraction of sp³-hybridized carbons (Fsp3) is 0.263. The lowest BCUT2D eigenvalue weighted by Gasteiger charge is -2.08. The molecule has 4 rings (SSSR count). The van der Waals surface area contributed by atoms with Gasteiger partial charge in [-0.3, -0.25) is 14.0 Å². The van der Waals surface area contributed by atoms with Crippen molar-refractivity contribution in [2.24, 2.45) is 0 Å². The Labute approximate surface area is 182 Å². The second kappa shape index (κ2) is 7.85. The molecule has 1 aromatic carbocycles. The van der Waals surface area contributed by atoms with Crippen LogP contribution in [0.1, 0.15) is 24.5 Å². The average molecular weight is 528 g/mol. The molecular formula is C19H16F3IN6O. The van der Waals surface area contributed by atoms with Crippen LogP contribution in [0.4, 0.5) is 13.2 Å². The lowest BCUT2D eigenvalue weighted by Crippen LogP contribution is -2.24. The lowest BCUT2D eigenvalue weighted by atomic mass is 10.1. The summed E-state index contributed by atoms with van der Waals surface area (Å²) < 4.78 is 42.4. The number of aromatic nitrogens is 6. The van der Waals surface area contributed by atoms with Gasteiger partial charge < -0.3 is 4.98 Å². The van der Waals surface area contributed by atoms with E-state index in [9.17, 15) is 18.0 Å². The van der Waals surface area contributed by atoms with E-state index in [1.54, 1.807) is 23.0 Å². The molecule has 0 saturated carbocycles. The average Bonchev–Trinajstić information content (AvgIpc) is 3.32. The molecule has 0 aliphatic rings. The van der Waals surface area contributed by atoms with Crippen molar-refractivity contribution in [1.82, 2.24) is 29.3 Å². The molecule has 0 saturated heterocycles. The third-order valence-corrected chi connectivity index (χ3v) is 5.34. The Kier molecular flexibility index (Phi) is 5.38. The van der Waals surface area contributed by atoms with Crippen molar-refractivity contribution in [2.75, 3.05) is 0 Å². The van der Waals surface area contributed by atoms with Gasteiger partial charge in [-0.15, -0.1) is 0 Å². The smallest absolute Gasteiger partial charge is 0.332 e. The van der Waals surface area contributed by atoms with Crippen molar-refractivity contribution in [3.63, 3.8) is 0 Å². The van der Waals surface area contributed by atoms with E-state index in [-0.39, 0.29) is 12.1 Å². The fourth-order valence-electron chi connectivity index (χ4n) is 3.12. The van der Waals surface area contributed by atoms with Crippen LogP contribution in [0.25, 0.3) is 22.6 Å². The second-order valence-electron chi connectivity index (χ2n) is 6.75. The Bertz CT molecular complexity index is 1270. The van der Waals surface area contributed by atoms with Crippen LogP contribution in [0.3, 0.4) is 0 Å². The zero-order valence-electron chi connectivity index (χ0n) is 15.7. The number of halogens is 4. The summed E-state index contributed by atoms with van der Waals surface area (Å²) in [7, 11) is 0. The number of rotatable bonds is 5. The topological polar surface area (TPSA) is 81.4 Å². The Morgan fingerprint density at radius 1 is 1.23 bits per heavy atom. The number of fused-ring (bicyclic) bond motifs is 1. The van der Waals surface area contributed by atoms with Gasteiger partial charge in [0.1, 0.15) is 5.82 Å². The van der Waals surface area contributed by atoms with Gasteiger partial charge >= 0.3 is 6.18 Å². The van der Waals surface area contributed by atoms with Crippen LogP contribution in [0, 0.1) is 3.83 Å².